The second-order valence-corrected chi connectivity index (χ2v) is 5.85. The minimum Gasteiger partial charge on any atom is -0.217 e. The SMILES string of the molecule is Brc1ccc(-n2nnc3c2CCc2ccccc2-3)cc1. The molecule has 1 aliphatic carbocycles. The molecular weight excluding hydrogens is 314 g/mol. The molecule has 20 heavy (non-hydrogen) atoms. The van der Waals surface area contributed by atoms with Gasteiger partial charge in [0.05, 0.1) is 11.4 Å². The van der Waals surface area contributed by atoms with Crippen molar-refractivity contribution >= 4 is 15.9 Å². The van der Waals surface area contributed by atoms with Gasteiger partial charge in [0.25, 0.3) is 0 Å². The second kappa shape index (κ2) is 4.56. The Kier molecular flexibility index (Phi) is 2.70. The van der Waals surface area contributed by atoms with Crippen molar-refractivity contribution in [2.45, 2.75) is 12.8 Å². The Bertz CT molecular complexity index is 775. The molecule has 3 nitrogen and oxygen atoms in total. The first kappa shape index (κ1) is 11.9. The fourth-order valence-corrected chi connectivity index (χ4v) is 3.01. The van der Waals surface area contributed by atoms with Crippen molar-refractivity contribution in [1.82, 2.24) is 15.0 Å². The van der Waals surface area contributed by atoms with Crippen LogP contribution in [0, 0.1) is 0 Å². The number of hydrogen-bond donors (Lipinski definition) is 0. The third-order valence-corrected chi connectivity index (χ3v) is 4.27. The zero-order valence-electron chi connectivity index (χ0n) is 10.8. The molecule has 4 heteroatoms. The van der Waals surface area contributed by atoms with Crippen LogP contribution in [0.5, 0.6) is 0 Å². The predicted molar refractivity (Wildman–Crippen MR) is 81.9 cm³/mol. The van der Waals surface area contributed by atoms with Crippen LogP contribution < -0.4 is 0 Å². The van der Waals surface area contributed by atoms with Gasteiger partial charge in [-0.25, -0.2) is 4.68 Å². The van der Waals surface area contributed by atoms with E-state index in [0.717, 1.165) is 28.7 Å². The van der Waals surface area contributed by atoms with E-state index < -0.39 is 0 Å². The molecule has 2 aromatic carbocycles. The van der Waals surface area contributed by atoms with E-state index in [1.54, 1.807) is 0 Å². The van der Waals surface area contributed by atoms with Crippen molar-refractivity contribution in [2.24, 2.45) is 0 Å². The Morgan fingerprint density at radius 3 is 2.60 bits per heavy atom. The summed E-state index contributed by atoms with van der Waals surface area (Å²) in [6.45, 7) is 0. The minimum absolute atomic E-state index is 0.982. The summed E-state index contributed by atoms with van der Waals surface area (Å²) in [5, 5.41) is 8.75. The summed E-state index contributed by atoms with van der Waals surface area (Å²) in [5.41, 5.74) is 5.86. The first-order chi connectivity index (χ1) is 9.83. The number of aryl methyl sites for hydroxylation is 1. The summed E-state index contributed by atoms with van der Waals surface area (Å²) in [6.07, 6.45) is 2.03. The maximum Gasteiger partial charge on any atom is 0.116 e. The van der Waals surface area contributed by atoms with Crippen LogP contribution in [0.3, 0.4) is 0 Å². The van der Waals surface area contributed by atoms with Gasteiger partial charge >= 0.3 is 0 Å². The summed E-state index contributed by atoms with van der Waals surface area (Å²) < 4.78 is 3.03. The summed E-state index contributed by atoms with van der Waals surface area (Å²) in [7, 11) is 0. The van der Waals surface area contributed by atoms with Gasteiger partial charge in [-0.15, -0.1) is 5.10 Å². The smallest absolute Gasteiger partial charge is 0.116 e. The highest BCUT2D eigenvalue weighted by atomic mass is 79.9. The molecule has 0 amide bonds. The van der Waals surface area contributed by atoms with Gasteiger partial charge in [0.1, 0.15) is 5.69 Å². The van der Waals surface area contributed by atoms with Crippen LogP contribution in [0.2, 0.25) is 0 Å². The first-order valence-corrected chi connectivity index (χ1v) is 7.41. The zero-order valence-corrected chi connectivity index (χ0v) is 12.3. The maximum absolute atomic E-state index is 4.40. The largest absolute Gasteiger partial charge is 0.217 e. The Hall–Kier alpha value is -1.94. The molecule has 0 saturated heterocycles. The highest BCUT2D eigenvalue weighted by Gasteiger charge is 2.22. The van der Waals surface area contributed by atoms with Gasteiger partial charge in [-0.05, 0) is 42.7 Å². The van der Waals surface area contributed by atoms with Crippen molar-refractivity contribution in [3.63, 3.8) is 0 Å². The van der Waals surface area contributed by atoms with E-state index in [1.165, 1.54) is 16.8 Å². The molecule has 1 heterocycles. The van der Waals surface area contributed by atoms with Crippen molar-refractivity contribution in [2.75, 3.05) is 0 Å². The van der Waals surface area contributed by atoms with Crippen LogP contribution >= 0.6 is 15.9 Å². The highest BCUT2D eigenvalue weighted by molar-refractivity contribution is 9.10. The van der Waals surface area contributed by atoms with Crippen molar-refractivity contribution in [3.8, 4) is 16.9 Å². The normalized spacial score (nSPS) is 12.8. The summed E-state index contributed by atoms with van der Waals surface area (Å²) in [4.78, 5) is 0. The summed E-state index contributed by atoms with van der Waals surface area (Å²) >= 11 is 3.46. The molecule has 1 aromatic heterocycles. The summed E-state index contributed by atoms with van der Waals surface area (Å²) in [5.74, 6) is 0. The van der Waals surface area contributed by atoms with Crippen LogP contribution in [-0.2, 0) is 12.8 Å². The quantitative estimate of drug-likeness (QED) is 0.681. The molecule has 98 valence electrons. The molecular formula is C16H12BrN3. The molecule has 1 aliphatic rings. The van der Waals surface area contributed by atoms with Crippen LogP contribution in [0.25, 0.3) is 16.9 Å². The average Bonchev–Trinajstić information content (AvgIpc) is 2.92. The van der Waals surface area contributed by atoms with Crippen LogP contribution in [0.4, 0.5) is 0 Å². The molecule has 0 atom stereocenters. The van der Waals surface area contributed by atoms with Crippen LogP contribution in [0.15, 0.2) is 53.0 Å². The molecule has 0 fully saturated rings. The van der Waals surface area contributed by atoms with Gasteiger partial charge in [-0.2, -0.15) is 0 Å². The van der Waals surface area contributed by atoms with Gasteiger partial charge in [-0.3, -0.25) is 0 Å². The number of fused-ring (bicyclic) bond motifs is 3. The average molecular weight is 326 g/mol. The van der Waals surface area contributed by atoms with E-state index in [9.17, 15) is 0 Å². The van der Waals surface area contributed by atoms with Crippen molar-refractivity contribution < 1.29 is 0 Å². The molecule has 0 radical (unpaired) electrons. The van der Waals surface area contributed by atoms with Crippen molar-refractivity contribution in [1.29, 1.82) is 0 Å². The molecule has 0 N–H and O–H groups in total. The lowest BCUT2D eigenvalue weighted by molar-refractivity contribution is 0.751. The molecule has 4 rings (SSSR count). The molecule has 0 aliphatic heterocycles. The Labute approximate surface area is 125 Å². The van der Waals surface area contributed by atoms with E-state index in [0.29, 0.717) is 0 Å². The van der Waals surface area contributed by atoms with Gasteiger partial charge in [-0.1, -0.05) is 45.4 Å². The fourth-order valence-electron chi connectivity index (χ4n) is 2.75. The minimum atomic E-state index is 0.982. The molecule has 3 aromatic rings. The zero-order chi connectivity index (χ0) is 13.5. The fraction of sp³-hybridized carbons (Fsp3) is 0.125. The van der Waals surface area contributed by atoms with Crippen LogP contribution in [0.1, 0.15) is 11.3 Å². The number of hydrogen-bond acceptors (Lipinski definition) is 2. The second-order valence-electron chi connectivity index (χ2n) is 4.93. The third kappa shape index (κ3) is 1.79. The molecule has 0 bridgehead atoms. The van der Waals surface area contributed by atoms with Crippen molar-refractivity contribution in [3.05, 3.63) is 64.3 Å². The number of benzene rings is 2. The lowest BCUT2D eigenvalue weighted by Crippen LogP contribution is -2.08. The monoisotopic (exact) mass is 325 g/mol. The standard InChI is InChI=1S/C16H12BrN3/c17-12-6-8-13(9-7-12)20-15-10-5-11-3-1-2-4-14(11)16(15)18-19-20/h1-4,6-9H,5,10H2. The van der Waals surface area contributed by atoms with E-state index in [-0.39, 0.29) is 0 Å². The number of halogens is 1. The highest BCUT2D eigenvalue weighted by Crippen LogP contribution is 2.32. The first-order valence-electron chi connectivity index (χ1n) is 6.62. The van der Waals surface area contributed by atoms with E-state index >= 15 is 0 Å². The van der Waals surface area contributed by atoms with E-state index in [4.69, 9.17) is 0 Å². The predicted octanol–water partition coefficient (Wildman–Crippen LogP) is 3.80. The van der Waals surface area contributed by atoms with Crippen LogP contribution in [-0.4, -0.2) is 15.0 Å². The molecule has 0 unspecified atom stereocenters. The third-order valence-electron chi connectivity index (χ3n) is 3.74. The Balaban J connectivity index is 1.87. The van der Waals surface area contributed by atoms with Gasteiger partial charge < -0.3 is 0 Å². The van der Waals surface area contributed by atoms with E-state index in [2.05, 4.69) is 62.6 Å². The summed E-state index contributed by atoms with van der Waals surface area (Å²) in [6, 6.07) is 16.6. The van der Waals surface area contributed by atoms with E-state index in [1.807, 2.05) is 16.8 Å². The van der Waals surface area contributed by atoms with Gasteiger partial charge in [0, 0.05) is 10.0 Å². The lowest BCUT2D eigenvalue weighted by Gasteiger charge is -2.16. The number of rotatable bonds is 1. The molecule has 0 spiro atoms. The number of nitrogens with zero attached hydrogens (tertiary/aromatic N) is 3. The van der Waals surface area contributed by atoms with Gasteiger partial charge in [0.2, 0.25) is 0 Å². The van der Waals surface area contributed by atoms with Gasteiger partial charge in [0.15, 0.2) is 0 Å². The topological polar surface area (TPSA) is 30.7 Å². The lowest BCUT2D eigenvalue weighted by atomic mass is 9.92. The molecule has 0 saturated carbocycles. The maximum atomic E-state index is 4.40. The Morgan fingerprint density at radius 2 is 1.75 bits per heavy atom. The Morgan fingerprint density at radius 1 is 0.950 bits per heavy atom. The number of aromatic nitrogens is 3.